The number of carbonyl (C=O) groups excluding carboxylic acids is 3. The van der Waals surface area contributed by atoms with Gasteiger partial charge in [0.05, 0.1) is 24.1 Å². The summed E-state index contributed by atoms with van der Waals surface area (Å²) in [5, 5.41) is 53.5. The molecule has 20 heavy (non-hydrogen) atoms. The third-order valence-corrected chi connectivity index (χ3v) is 1.01. The fourth-order valence-electron chi connectivity index (χ4n) is 0. The molecule has 10 nitrogen and oxygen atoms in total. The van der Waals surface area contributed by atoms with Gasteiger partial charge in [0.15, 0.2) is 0 Å². The van der Waals surface area contributed by atoms with Gasteiger partial charge in [-0.3, -0.25) is 0 Å². The molecule has 11 heteroatoms. The van der Waals surface area contributed by atoms with Crippen LogP contribution in [0.3, 0.4) is 0 Å². The summed E-state index contributed by atoms with van der Waals surface area (Å²) < 4.78 is 0. The van der Waals surface area contributed by atoms with E-state index in [2.05, 4.69) is 0 Å². The molecule has 6 N–H and O–H groups in total. The maximum atomic E-state index is 9.56. The van der Waals surface area contributed by atoms with Crippen molar-refractivity contribution in [3.05, 3.63) is 0 Å². The van der Waals surface area contributed by atoms with Crippen LogP contribution in [-0.4, -0.2) is 46.4 Å². The molecule has 1 radical (unpaired) electrons. The molecule has 0 rings (SSSR count). The van der Waals surface area contributed by atoms with Gasteiger partial charge < -0.3 is 51.2 Å². The summed E-state index contributed by atoms with van der Waals surface area (Å²) in [5.41, 5.74) is 0. The summed E-state index contributed by atoms with van der Waals surface area (Å²) in [5.74, 6) is -4.42. The van der Waals surface area contributed by atoms with Crippen molar-refractivity contribution in [1.29, 1.82) is 0 Å². The molecule has 0 heterocycles. The van der Waals surface area contributed by atoms with Crippen LogP contribution < -0.4 is 26.6 Å². The van der Waals surface area contributed by atoms with Crippen molar-refractivity contribution < 1.29 is 86.8 Å². The number of aliphatic hydroxyl groups excluding tert-OH is 2. The molecule has 0 aromatic heterocycles. The van der Waals surface area contributed by atoms with E-state index >= 15 is 0 Å². The standard InChI is InChI=1S/2C3H6O3.C3H5O3.Ce.H3N/c3*1-2(4)3(5)6;;/h2*2,4H,1H3,(H,5,6);2H,1H3,(H,5,6);;1H3/q;;-1;+3;/p-2. The Morgan fingerprint density at radius 3 is 0.900 bits per heavy atom. The number of quaternary nitrogens is 1. The fraction of sp³-hybridized carbons (Fsp3) is 0.667. The van der Waals surface area contributed by atoms with Gasteiger partial charge in [-0.15, -0.1) is 0 Å². The number of carbonyl (C=O) groups is 3. The molecule has 0 aromatic rings. The van der Waals surface area contributed by atoms with Crippen LogP contribution in [0.5, 0.6) is 0 Å². The first-order valence-corrected chi connectivity index (χ1v) is 4.57. The van der Waals surface area contributed by atoms with Crippen LogP contribution >= 0.6 is 0 Å². The SMILES string of the molecule is CC(O)C(=O)[O-].CC(O)C(=O)[O-].CC([O-])C(=O)[O-].[Ce+3].[NH4+]. The third kappa shape index (κ3) is 36.0. The van der Waals surface area contributed by atoms with Crippen LogP contribution in [0.2, 0.25) is 0 Å². The van der Waals surface area contributed by atoms with Crippen LogP contribution in [0, 0.1) is 41.7 Å². The summed E-state index contributed by atoms with van der Waals surface area (Å²) in [6.45, 7) is 3.29. The van der Waals surface area contributed by atoms with Gasteiger partial charge in [-0.05, 0) is 13.8 Å². The molecule has 0 fully saturated rings. The summed E-state index contributed by atoms with van der Waals surface area (Å²) in [6.07, 6.45) is -4.28. The minimum atomic E-state index is -1.59. The average Bonchev–Trinajstić information content (AvgIpc) is 2.18. The summed E-state index contributed by atoms with van der Waals surface area (Å²) in [6, 6.07) is 0. The third-order valence-electron chi connectivity index (χ3n) is 1.01. The van der Waals surface area contributed by atoms with Crippen molar-refractivity contribution >= 4 is 17.9 Å². The van der Waals surface area contributed by atoms with E-state index < -0.39 is 36.2 Å². The maximum Gasteiger partial charge on any atom is 3.00 e. The van der Waals surface area contributed by atoms with Gasteiger partial charge >= 0.3 is 41.7 Å². The van der Waals surface area contributed by atoms with E-state index in [1.165, 1.54) is 0 Å². The van der Waals surface area contributed by atoms with E-state index in [0.717, 1.165) is 20.8 Å². The molecule has 117 valence electrons. The molecule has 0 amide bonds. The van der Waals surface area contributed by atoms with Gasteiger partial charge in [0.25, 0.3) is 0 Å². The second-order valence-corrected chi connectivity index (χ2v) is 2.95. The van der Waals surface area contributed by atoms with E-state index in [-0.39, 0.29) is 47.9 Å². The van der Waals surface area contributed by atoms with Crippen LogP contribution in [0.1, 0.15) is 20.8 Å². The Kier molecular flexibility index (Phi) is 29.6. The largest absolute Gasteiger partial charge is 3.00 e. The topological polar surface area (TPSA) is 220 Å². The average molecular weight is 424 g/mol. The van der Waals surface area contributed by atoms with Gasteiger partial charge in [-0.1, -0.05) is 13.0 Å². The Balaban J connectivity index is -0.0000000536. The van der Waals surface area contributed by atoms with E-state index in [4.69, 9.17) is 10.2 Å². The van der Waals surface area contributed by atoms with Crippen molar-refractivity contribution in [1.82, 2.24) is 6.15 Å². The zero-order chi connectivity index (χ0) is 15.5. The number of aliphatic hydroxyl groups is 2. The van der Waals surface area contributed by atoms with E-state index in [1.807, 2.05) is 0 Å². The number of rotatable bonds is 3. The van der Waals surface area contributed by atoms with Crippen molar-refractivity contribution in [3.63, 3.8) is 0 Å². The molecule has 0 aliphatic rings. The number of hydrogen-bond acceptors (Lipinski definition) is 9. The van der Waals surface area contributed by atoms with Gasteiger partial charge in [-0.2, -0.15) is 0 Å². The zero-order valence-corrected chi connectivity index (χ0v) is 14.6. The molecule has 0 bridgehead atoms. The van der Waals surface area contributed by atoms with Crippen molar-refractivity contribution in [2.45, 2.75) is 39.1 Å². The minimum absolute atomic E-state index is 0. The quantitative estimate of drug-likeness (QED) is 0.392. The Hall–Kier alpha value is -0.373. The van der Waals surface area contributed by atoms with Crippen LogP contribution in [0.4, 0.5) is 0 Å². The second-order valence-electron chi connectivity index (χ2n) is 2.95. The van der Waals surface area contributed by atoms with Crippen molar-refractivity contribution in [2.24, 2.45) is 0 Å². The van der Waals surface area contributed by atoms with Gasteiger partial charge in [-0.25, -0.2) is 0 Å². The fourth-order valence-corrected chi connectivity index (χ4v) is 0. The number of aliphatic carboxylic acids is 3. The molecule has 3 unspecified atom stereocenters. The van der Waals surface area contributed by atoms with Crippen LogP contribution in [0.15, 0.2) is 0 Å². The molecule has 0 saturated heterocycles. The number of carboxylic acid groups (broad SMARTS) is 3. The molecule has 0 aromatic carbocycles. The monoisotopic (exact) mass is 424 g/mol. The first-order valence-electron chi connectivity index (χ1n) is 4.57. The van der Waals surface area contributed by atoms with Crippen LogP contribution in [0.25, 0.3) is 0 Å². The van der Waals surface area contributed by atoms with Gasteiger partial charge in [0, 0.05) is 5.97 Å². The number of carboxylic acids is 3. The first kappa shape index (κ1) is 31.8. The minimum Gasteiger partial charge on any atom is -0.848 e. The van der Waals surface area contributed by atoms with Crippen molar-refractivity contribution in [3.8, 4) is 0 Å². The molecule has 3 atom stereocenters. The normalized spacial score (nSPS) is 12.3. The molecule has 0 aliphatic heterocycles. The predicted molar refractivity (Wildman–Crippen MR) is 53.8 cm³/mol. The predicted octanol–water partition coefficient (Wildman–Crippen LogP) is -5.90. The Morgan fingerprint density at radius 1 is 0.800 bits per heavy atom. The van der Waals surface area contributed by atoms with Crippen LogP contribution in [-0.2, 0) is 14.4 Å². The molecule has 0 saturated carbocycles. The van der Waals surface area contributed by atoms with Gasteiger partial charge in [0.2, 0.25) is 0 Å². The van der Waals surface area contributed by atoms with E-state index in [9.17, 15) is 34.8 Å². The smallest absolute Gasteiger partial charge is 0.848 e. The molecule has 0 aliphatic carbocycles. The Labute approximate surface area is 149 Å². The summed E-state index contributed by atoms with van der Waals surface area (Å²) in [7, 11) is 0. The molecular weight excluding hydrogens is 406 g/mol. The molecule has 0 spiro atoms. The Morgan fingerprint density at radius 2 is 0.900 bits per heavy atom. The first-order chi connectivity index (χ1) is 7.93. The number of hydrogen-bond donors (Lipinski definition) is 3. The van der Waals surface area contributed by atoms with Crippen molar-refractivity contribution in [2.75, 3.05) is 0 Å². The zero-order valence-electron chi connectivity index (χ0n) is 11.5. The van der Waals surface area contributed by atoms with E-state index in [1.54, 1.807) is 0 Å². The maximum absolute atomic E-state index is 9.56. The molecular formula is C9H18CeNO9. The summed E-state index contributed by atoms with van der Waals surface area (Å²) >= 11 is 0. The van der Waals surface area contributed by atoms with E-state index in [0.29, 0.717) is 0 Å². The summed E-state index contributed by atoms with van der Waals surface area (Å²) in [4.78, 5) is 28.0. The van der Waals surface area contributed by atoms with Gasteiger partial charge in [0.1, 0.15) is 0 Å². The Bertz CT molecular complexity index is 225. The second kappa shape index (κ2) is 18.6.